The van der Waals surface area contributed by atoms with Gasteiger partial charge >= 0.3 is 41.3 Å². The van der Waals surface area contributed by atoms with Crippen LogP contribution in [0.2, 0.25) is 0 Å². The standard InChI is InChI=1S/C7H8N2O4.CH3O.Na/c1-12-5-3-4-6(9(10)11)8-7(5)13-2;1-2;/h3-4H,1-2H3;1H3;/q;-1;+1. The van der Waals surface area contributed by atoms with Gasteiger partial charge in [0.2, 0.25) is 5.75 Å². The van der Waals surface area contributed by atoms with Gasteiger partial charge in [-0.3, -0.25) is 0 Å². The Morgan fingerprint density at radius 1 is 1.25 bits per heavy atom. The molecular formula is C8H11N2NaO5. The van der Waals surface area contributed by atoms with Crippen molar-refractivity contribution in [1.29, 1.82) is 0 Å². The molecule has 1 heterocycles. The molecule has 0 saturated heterocycles. The normalized spacial score (nSPS) is 8.00. The Labute approximate surface area is 115 Å². The van der Waals surface area contributed by atoms with Crippen molar-refractivity contribution in [3.63, 3.8) is 0 Å². The average Bonchev–Trinajstić information content (AvgIpc) is 2.30. The van der Waals surface area contributed by atoms with E-state index in [-0.39, 0.29) is 41.3 Å². The van der Waals surface area contributed by atoms with E-state index in [1.807, 2.05) is 0 Å². The molecule has 0 N–H and O–H groups in total. The van der Waals surface area contributed by atoms with Crippen LogP contribution >= 0.6 is 0 Å². The van der Waals surface area contributed by atoms with Crippen molar-refractivity contribution in [2.24, 2.45) is 0 Å². The van der Waals surface area contributed by atoms with Gasteiger partial charge in [-0.2, -0.15) is 7.11 Å². The number of nitrogens with zero attached hydrogens (tertiary/aromatic N) is 2. The quantitative estimate of drug-likeness (QED) is 0.316. The number of nitro groups is 1. The Bertz CT molecular complexity index is 334. The van der Waals surface area contributed by atoms with Gasteiger partial charge < -0.3 is 24.7 Å². The first kappa shape index (κ1) is 17.5. The van der Waals surface area contributed by atoms with Gasteiger partial charge in [-0.25, -0.2) is 0 Å². The number of ether oxygens (including phenoxy) is 2. The van der Waals surface area contributed by atoms with Crippen LogP contribution in [-0.2, 0) is 0 Å². The smallest absolute Gasteiger partial charge is 0.857 e. The van der Waals surface area contributed by atoms with Crippen molar-refractivity contribution in [2.45, 2.75) is 0 Å². The first-order valence-electron chi connectivity index (χ1n) is 3.83. The summed E-state index contributed by atoms with van der Waals surface area (Å²) < 4.78 is 9.65. The van der Waals surface area contributed by atoms with Crippen LogP contribution in [-0.4, -0.2) is 31.2 Å². The van der Waals surface area contributed by atoms with Crippen molar-refractivity contribution in [1.82, 2.24) is 4.98 Å². The third-order valence-corrected chi connectivity index (χ3v) is 1.41. The van der Waals surface area contributed by atoms with E-state index < -0.39 is 4.92 Å². The molecule has 1 aromatic heterocycles. The van der Waals surface area contributed by atoms with Crippen LogP contribution in [0.5, 0.6) is 11.6 Å². The van der Waals surface area contributed by atoms with Crippen LogP contribution in [0, 0.1) is 10.1 Å². The molecule has 16 heavy (non-hydrogen) atoms. The summed E-state index contributed by atoms with van der Waals surface area (Å²) >= 11 is 0. The number of rotatable bonds is 3. The van der Waals surface area contributed by atoms with Gasteiger partial charge in [0.25, 0.3) is 0 Å². The van der Waals surface area contributed by atoms with Crippen molar-refractivity contribution in [3.8, 4) is 11.6 Å². The van der Waals surface area contributed by atoms with Crippen molar-refractivity contribution in [3.05, 3.63) is 22.2 Å². The van der Waals surface area contributed by atoms with E-state index in [4.69, 9.17) is 14.6 Å². The summed E-state index contributed by atoms with van der Waals surface area (Å²) in [5.74, 6) is 0.211. The van der Waals surface area contributed by atoms with Crippen molar-refractivity contribution < 1.29 is 49.1 Å². The summed E-state index contributed by atoms with van der Waals surface area (Å²) in [6, 6.07) is 2.69. The molecule has 0 atom stereocenters. The molecule has 0 aliphatic heterocycles. The molecule has 0 saturated carbocycles. The molecule has 7 nitrogen and oxygen atoms in total. The van der Waals surface area contributed by atoms with Crippen molar-refractivity contribution >= 4 is 5.82 Å². The Morgan fingerprint density at radius 3 is 2.19 bits per heavy atom. The van der Waals surface area contributed by atoms with Crippen LogP contribution in [0.3, 0.4) is 0 Å². The summed E-state index contributed by atoms with van der Waals surface area (Å²) in [5.41, 5.74) is 0. The van der Waals surface area contributed by atoms with Gasteiger partial charge in [0.15, 0.2) is 0 Å². The molecule has 0 radical (unpaired) electrons. The van der Waals surface area contributed by atoms with E-state index in [1.165, 1.54) is 26.4 Å². The fourth-order valence-corrected chi connectivity index (χ4v) is 0.821. The van der Waals surface area contributed by atoms with Crippen LogP contribution in [0.1, 0.15) is 0 Å². The van der Waals surface area contributed by atoms with Gasteiger partial charge in [-0.15, -0.1) is 0 Å². The number of aromatic nitrogens is 1. The molecule has 84 valence electrons. The monoisotopic (exact) mass is 238 g/mol. The SMILES string of the molecule is COc1ccc([N+](=O)[O-])nc1OC.C[O-].[Na+]. The Morgan fingerprint density at radius 2 is 1.81 bits per heavy atom. The van der Waals surface area contributed by atoms with Gasteiger partial charge in [0, 0.05) is 11.1 Å². The topological polar surface area (TPSA) is 97.6 Å². The maximum Gasteiger partial charge on any atom is 1.00 e. The minimum atomic E-state index is -0.595. The maximum absolute atomic E-state index is 10.3. The summed E-state index contributed by atoms with van der Waals surface area (Å²) in [6.45, 7) is 0. The van der Waals surface area contributed by atoms with Crippen LogP contribution in [0.4, 0.5) is 5.82 Å². The number of methoxy groups -OCH3 is 2. The zero-order chi connectivity index (χ0) is 11.8. The molecule has 0 spiro atoms. The first-order valence-corrected chi connectivity index (χ1v) is 3.83. The summed E-state index contributed by atoms with van der Waals surface area (Å²) in [7, 11) is 3.56. The van der Waals surface area contributed by atoms with Crippen LogP contribution in [0.25, 0.3) is 0 Å². The Hall–Kier alpha value is -0.890. The zero-order valence-electron chi connectivity index (χ0n) is 9.59. The number of pyridine rings is 1. The van der Waals surface area contributed by atoms with E-state index in [9.17, 15) is 10.1 Å². The van der Waals surface area contributed by atoms with E-state index in [2.05, 4.69) is 4.98 Å². The van der Waals surface area contributed by atoms with Crippen molar-refractivity contribution in [2.75, 3.05) is 21.3 Å². The summed E-state index contributed by atoms with van der Waals surface area (Å²) in [5, 5.41) is 18.6. The molecule has 1 rings (SSSR count). The second-order valence-electron chi connectivity index (χ2n) is 2.14. The van der Waals surface area contributed by atoms with E-state index in [1.54, 1.807) is 0 Å². The summed E-state index contributed by atoms with van der Waals surface area (Å²) in [4.78, 5) is 13.3. The van der Waals surface area contributed by atoms with Gasteiger partial charge in [-0.05, 0) is 11.0 Å². The van der Waals surface area contributed by atoms with Gasteiger partial charge in [-0.1, -0.05) is 0 Å². The van der Waals surface area contributed by atoms with E-state index in [0.29, 0.717) is 5.75 Å². The second-order valence-corrected chi connectivity index (χ2v) is 2.14. The first-order chi connectivity index (χ1) is 7.19. The molecule has 8 heteroatoms. The Kier molecular flexibility index (Phi) is 10.2. The van der Waals surface area contributed by atoms with E-state index >= 15 is 0 Å². The molecule has 0 unspecified atom stereocenters. The second kappa shape index (κ2) is 9.34. The summed E-state index contributed by atoms with van der Waals surface area (Å²) in [6.07, 6.45) is 0. The minimum absolute atomic E-state index is 0. The molecular weight excluding hydrogens is 227 g/mol. The predicted molar refractivity (Wildman–Crippen MR) is 49.9 cm³/mol. The molecule has 1 aromatic rings. The van der Waals surface area contributed by atoms with E-state index in [0.717, 1.165) is 7.11 Å². The average molecular weight is 238 g/mol. The van der Waals surface area contributed by atoms with Gasteiger partial charge in [0.1, 0.15) is 0 Å². The molecule has 0 amide bonds. The fourth-order valence-electron chi connectivity index (χ4n) is 0.821. The van der Waals surface area contributed by atoms with Crippen LogP contribution < -0.4 is 44.1 Å². The maximum atomic E-state index is 10.3. The zero-order valence-corrected chi connectivity index (χ0v) is 11.6. The molecule has 0 aliphatic rings. The fraction of sp³-hybridized carbons (Fsp3) is 0.375. The Balaban J connectivity index is 0. The number of hydrogen-bond donors (Lipinski definition) is 0. The molecule has 0 aromatic carbocycles. The third-order valence-electron chi connectivity index (χ3n) is 1.41. The van der Waals surface area contributed by atoms with Crippen LogP contribution in [0.15, 0.2) is 12.1 Å². The minimum Gasteiger partial charge on any atom is -0.857 e. The molecule has 0 bridgehead atoms. The largest absolute Gasteiger partial charge is 1.00 e. The molecule has 0 aliphatic carbocycles. The van der Waals surface area contributed by atoms with Gasteiger partial charge in [0.05, 0.1) is 14.2 Å². The number of hydrogen-bond acceptors (Lipinski definition) is 6. The predicted octanol–water partition coefficient (Wildman–Crippen LogP) is -3.01. The third kappa shape index (κ3) is 4.75. The molecule has 0 fully saturated rings.